The van der Waals surface area contributed by atoms with E-state index in [9.17, 15) is 13.2 Å². The van der Waals surface area contributed by atoms with Crippen LogP contribution in [-0.2, 0) is 14.8 Å². The molecule has 1 aromatic rings. The fourth-order valence-electron chi connectivity index (χ4n) is 3.34. The van der Waals surface area contributed by atoms with Crippen molar-refractivity contribution in [3.8, 4) is 5.75 Å². The van der Waals surface area contributed by atoms with E-state index in [1.54, 1.807) is 13.0 Å². The van der Waals surface area contributed by atoms with E-state index in [4.69, 9.17) is 9.84 Å². The molecular weight excluding hydrogens is 344 g/mol. The molecular formula is C17H26N2O5S. The molecule has 1 aliphatic carbocycles. The van der Waals surface area contributed by atoms with Gasteiger partial charge in [-0.1, -0.05) is 13.0 Å². The van der Waals surface area contributed by atoms with Gasteiger partial charge < -0.3 is 9.84 Å². The zero-order valence-corrected chi connectivity index (χ0v) is 15.9. The second kappa shape index (κ2) is 7.72. The summed E-state index contributed by atoms with van der Waals surface area (Å²) >= 11 is 0. The molecule has 1 fully saturated rings. The zero-order chi connectivity index (χ0) is 18.8. The molecule has 0 saturated heterocycles. The Morgan fingerprint density at radius 3 is 2.52 bits per heavy atom. The van der Waals surface area contributed by atoms with Gasteiger partial charge in [-0.05, 0) is 50.4 Å². The van der Waals surface area contributed by atoms with E-state index in [1.807, 2.05) is 24.8 Å². The van der Waals surface area contributed by atoms with E-state index in [0.717, 1.165) is 5.56 Å². The SMILES string of the molecule is CCN(CC(=O)O)C1CC(NS(=O)(=O)c2c(C)cc(C)cc2OC)C1. The molecule has 0 spiro atoms. The lowest BCUT2D eigenvalue weighted by molar-refractivity contribution is -0.139. The predicted octanol–water partition coefficient (Wildman–Crippen LogP) is 1.53. The van der Waals surface area contributed by atoms with E-state index in [0.29, 0.717) is 30.7 Å². The second-order valence-corrected chi connectivity index (χ2v) is 8.16. The van der Waals surface area contributed by atoms with E-state index < -0.39 is 16.0 Å². The van der Waals surface area contributed by atoms with Crippen molar-refractivity contribution in [2.75, 3.05) is 20.2 Å². The number of rotatable bonds is 8. The first kappa shape index (κ1) is 19.7. The van der Waals surface area contributed by atoms with Crippen molar-refractivity contribution in [2.24, 2.45) is 0 Å². The first-order chi connectivity index (χ1) is 11.7. The smallest absolute Gasteiger partial charge is 0.317 e. The second-order valence-electron chi connectivity index (χ2n) is 6.51. The van der Waals surface area contributed by atoms with Crippen molar-refractivity contribution in [3.63, 3.8) is 0 Å². The molecule has 2 N–H and O–H groups in total. The van der Waals surface area contributed by atoms with Gasteiger partial charge in [-0.2, -0.15) is 0 Å². The van der Waals surface area contributed by atoms with E-state index in [2.05, 4.69) is 4.72 Å². The number of aryl methyl sites for hydroxylation is 2. The van der Waals surface area contributed by atoms with E-state index in [-0.39, 0.29) is 23.5 Å². The van der Waals surface area contributed by atoms with Gasteiger partial charge in [0.15, 0.2) is 0 Å². The molecule has 0 unspecified atom stereocenters. The first-order valence-corrected chi connectivity index (χ1v) is 9.79. The lowest BCUT2D eigenvalue weighted by atomic mass is 9.86. The summed E-state index contributed by atoms with van der Waals surface area (Å²) in [5, 5.41) is 8.93. The normalized spacial score (nSPS) is 20.4. The summed E-state index contributed by atoms with van der Waals surface area (Å²) in [4.78, 5) is 12.9. The highest BCUT2D eigenvalue weighted by Gasteiger charge is 2.37. The van der Waals surface area contributed by atoms with Crippen LogP contribution in [0.25, 0.3) is 0 Å². The average molecular weight is 370 g/mol. The maximum absolute atomic E-state index is 12.8. The van der Waals surface area contributed by atoms with Crippen LogP contribution in [0.1, 0.15) is 30.9 Å². The van der Waals surface area contributed by atoms with Gasteiger partial charge in [0.2, 0.25) is 10.0 Å². The summed E-state index contributed by atoms with van der Waals surface area (Å²) in [6, 6.07) is 3.42. The zero-order valence-electron chi connectivity index (χ0n) is 15.1. The van der Waals surface area contributed by atoms with Gasteiger partial charge in [-0.25, -0.2) is 13.1 Å². The molecule has 7 nitrogen and oxygen atoms in total. The van der Waals surface area contributed by atoms with Crippen LogP contribution >= 0.6 is 0 Å². The molecule has 0 aliphatic heterocycles. The molecule has 2 rings (SSSR count). The van der Waals surface area contributed by atoms with Crippen molar-refractivity contribution in [1.29, 1.82) is 0 Å². The summed E-state index contributed by atoms with van der Waals surface area (Å²) in [6.07, 6.45) is 1.21. The van der Waals surface area contributed by atoms with Gasteiger partial charge in [-0.15, -0.1) is 0 Å². The lowest BCUT2D eigenvalue weighted by Gasteiger charge is -2.42. The third-order valence-corrected chi connectivity index (χ3v) is 6.27. The van der Waals surface area contributed by atoms with Crippen molar-refractivity contribution < 1.29 is 23.1 Å². The summed E-state index contributed by atoms with van der Waals surface area (Å²) in [7, 11) is -2.24. The number of carboxylic acid groups (broad SMARTS) is 1. The third kappa shape index (κ3) is 4.50. The summed E-state index contributed by atoms with van der Waals surface area (Å²) < 4.78 is 33.5. The van der Waals surface area contributed by atoms with Gasteiger partial charge in [0, 0.05) is 12.1 Å². The Labute approximate surface area is 149 Å². The highest BCUT2D eigenvalue weighted by Crippen LogP contribution is 2.32. The number of nitrogens with zero attached hydrogens (tertiary/aromatic N) is 1. The van der Waals surface area contributed by atoms with Gasteiger partial charge in [-0.3, -0.25) is 9.69 Å². The maximum Gasteiger partial charge on any atom is 0.317 e. The molecule has 140 valence electrons. The number of benzene rings is 1. The number of methoxy groups -OCH3 is 1. The van der Waals surface area contributed by atoms with Crippen LogP contribution in [0.15, 0.2) is 17.0 Å². The largest absolute Gasteiger partial charge is 0.495 e. The molecule has 0 bridgehead atoms. The predicted molar refractivity (Wildman–Crippen MR) is 94.5 cm³/mol. The van der Waals surface area contributed by atoms with E-state index >= 15 is 0 Å². The number of carbonyl (C=O) groups is 1. The molecule has 1 aromatic carbocycles. The van der Waals surface area contributed by atoms with Crippen LogP contribution in [0.5, 0.6) is 5.75 Å². The summed E-state index contributed by atoms with van der Waals surface area (Å²) in [5.74, 6) is -0.534. The van der Waals surface area contributed by atoms with Crippen LogP contribution in [0.3, 0.4) is 0 Å². The number of carboxylic acids is 1. The van der Waals surface area contributed by atoms with Crippen molar-refractivity contribution >= 4 is 16.0 Å². The fourth-order valence-corrected chi connectivity index (χ4v) is 4.98. The topological polar surface area (TPSA) is 95.9 Å². The summed E-state index contributed by atoms with van der Waals surface area (Å²) in [5.41, 5.74) is 1.57. The van der Waals surface area contributed by atoms with Crippen LogP contribution < -0.4 is 9.46 Å². The molecule has 1 aliphatic rings. The molecule has 0 amide bonds. The van der Waals surface area contributed by atoms with Crippen molar-refractivity contribution in [2.45, 2.75) is 50.6 Å². The fraction of sp³-hybridized carbons (Fsp3) is 0.588. The first-order valence-electron chi connectivity index (χ1n) is 8.31. The van der Waals surface area contributed by atoms with E-state index in [1.165, 1.54) is 7.11 Å². The number of aliphatic carboxylic acids is 1. The quantitative estimate of drug-likeness (QED) is 0.720. The number of nitrogens with one attached hydrogen (secondary N) is 1. The molecule has 25 heavy (non-hydrogen) atoms. The van der Waals surface area contributed by atoms with Crippen LogP contribution in [0, 0.1) is 13.8 Å². The molecule has 0 heterocycles. The molecule has 0 radical (unpaired) electrons. The minimum atomic E-state index is -3.70. The number of likely N-dealkylation sites (N-methyl/N-ethyl adjacent to an activating group) is 1. The van der Waals surface area contributed by atoms with Crippen LogP contribution in [0.4, 0.5) is 0 Å². The van der Waals surface area contributed by atoms with Crippen LogP contribution in [-0.4, -0.2) is 56.7 Å². The van der Waals surface area contributed by atoms with Gasteiger partial charge in [0.25, 0.3) is 0 Å². The Kier molecular flexibility index (Phi) is 6.08. The minimum Gasteiger partial charge on any atom is -0.495 e. The third-order valence-electron chi connectivity index (χ3n) is 4.57. The van der Waals surface area contributed by atoms with Gasteiger partial charge >= 0.3 is 5.97 Å². The standard InChI is InChI=1S/C17H26N2O5S/c1-5-19(10-16(20)21)14-8-13(9-14)18-25(22,23)17-12(3)6-11(2)7-15(17)24-4/h6-7,13-14,18H,5,8-10H2,1-4H3,(H,20,21). The number of hydrogen-bond acceptors (Lipinski definition) is 5. The Hall–Kier alpha value is -1.64. The highest BCUT2D eigenvalue weighted by molar-refractivity contribution is 7.89. The summed E-state index contributed by atoms with van der Waals surface area (Å²) in [6.45, 7) is 6.14. The average Bonchev–Trinajstić information content (AvgIpc) is 2.46. The lowest BCUT2D eigenvalue weighted by Crippen LogP contribution is -2.54. The Morgan fingerprint density at radius 2 is 2.00 bits per heavy atom. The molecule has 1 saturated carbocycles. The van der Waals surface area contributed by atoms with Gasteiger partial charge in [0.1, 0.15) is 10.6 Å². The van der Waals surface area contributed by atoms with Crippen LogP contribution in [0.2, 0.25) is 0 Å². The number of sulfonamides is 1. The van der Waals surface area contributed by atoms with Gasteiger partial charge in [0.05, 0.1) is 13.7 Å². The monoisotopic (exact) mass is 370 g/mol. The van der Waals surface area contributed by atoms with Crippen molar-refractivity contribution in [3.05, 3.63) is 23.3 Å². The Morgan fingerprint density at radius 1 is 1.36 bits per heavy atom. The van der Waals surface area contributed by atoms with Crippen molar-refractivity contribution in [1.82, 2.24) is 9.62 Å². The molecule has 0 atom stereocenters. The maximum atomic E-state index is 12.8. The molecule has 8 heteroatoms. The number of hydrogen-bond donors (Lipinski definition) is 2. The Balaban J connectivity index is 2.08. The Bertz CT molecular complexity index is 742. The molecule has 0 aromatic heterocycles. The highest BCUT2D eigenvalue weighted by atomic mass is 32.2. The minimum absolute atomic E-state index is 0.0223. The number of ether oxygens (including phenoxy) is 1.